The normalized spacial score (nSPS) is 24.8. The molecule has 1 unspecified atom stereocenters. The maximum Gasteiger partial charge on any atom is 0.416 e. The minimum Gasteiger partial charge on any atom is -0.394 e. The van der Waals surface area contributed by atoms with Crippen LogP contribution >= 0.6 is 0 Å². The van der Waals surface area contributed by atoms with E-state index in [0.717, 1.165) is 50.9 Å². The fourth-order valence-electron chi connectivity index (χ4n) is 5.28. The van der Waals surface area contributed by atoms with Crippen molar-refractivity contribution in [3.05, 3.63) is 29.8 Å². The second-order valence-electron chi connectivity index (χ2n) is 9.78. The number of carbonyl (C=O) groups is 1. The second-order valence-corrected chi connectivity index (χ2v) is 9.78. The van der Waals surface area contributed by atoms with Crippen molar-refractivity contribution in [2.24, 2.45) is 5.41 Å². The summed E-state index contributed by atoms with van der Waals surface area (Å²) in [4.78, 5) is 18.5. The fraction of sp³-hybridized carbons (Fsp3) is 0.708. The molecule has 33 heavy (non-hydrogen) atoms. The minimum absolute atomic E-state index is 0.0763. The van der Waals surface area contributed by atoms with E-state index in [1.165, 1.54) is 6.07 Å². The first-order valence-electron chi connectivity index (χ1n) is 11.9. The Morgan fingerprint density at radius 2 is 1.91 bits per heavy atom. The summed E-state index contributed by atoms with van der Waals surface area (Å²) in [6.45, 7) is 3.49. The Hall–Kier alpha value is -1.84. The molecule has 1 aromatic carbocycles. The van der Waals surface area contributed by atoms with Gasteiger partial charge in [0.2, 0.25) is 5.91 Å². The van der Waals surface area contributed by atoms with Crippen LogP contribution in [0.25, 0.3) is 0 Å². The molecule has 1 amide bonds. The Labute approximate surface area is 193 Å². The third kappa shape index (κ3) is 5.63. The van der Waals surface area contributed by atoms with Crippen molar-refractivity contribution in [1.82, 2.24) is 9.80 Å². The van der Waals surface area contributed by atoms with Gasteiger partial charge in [0.15, 0.2) is 0 Å². The Kier molecular flexibility index (Phi) is 7.21. The van der Waals surface area contributed by atoms with E-state index in [0.29, 0.717) is 38.3 Å². The lowest BCUT2D eigenvalue weighted by atomic mass is 9.90. The van der Waals surface area contributed by atoms with Crippen molar-refractivity contribution in [2.45, 2.75) is 56.8 Å². The maximum atomic E-state index is 13.1. The van der Waals surface area contributed by atoms with Gasteiger partial charge in [-0.1, -0.05) is 6.07 Å². The van der Waals surface area contributed by atoms with E-state index in [1.807, 2.05) is 4.90 Å². The summed E-state index contributed by atoms with van der Waals surface area (Å²) in [5, 5.41) is 20.3. The number of aliphatic hydroxyl groups excluding tert-OH is 2. The number of β-amino-alcohol motifs (C(OH)–C–C–N with tert-alkyl or cyclic N) is 1. The average Bonchev–Trinajstić information content (AvgIpc) is 3.59. The highest BCUT2D eigenvalue weighted by atomic mass is 19.4. The van der Waals surface area contributed by atoms with Crippen molar-refractivity contribution >= 4 is 11.6 Å². The summed E-state index contributed by atoms with van der Waals surface area (Å²) < 4.78 is 39.2. The number of rotatable bonds is 7. The topological polar surface area (TPSA) is 67.2 Å². The number of piperidine rings is 1. The van der Waals surface area contributed by atoms with Crippen LogP contribution in [0.15, 0.2) is 24.3 Å². The van der Waals surface area contributed by atoms with Crippen molar-refractivity contribution in [1.29, 1.82) is 0 Å². The molecule has 2 aliphatic heterocycles. The molecule has 2 N–H and O–H groups in total. The third-order valence-electron chi connectivity index (χ3n) is 7.68. The van der Waals surface area contributed by atoms with Gasteiger partial charge < -0.3 is 24.9 Å². The molecule has 0 aromatic heterocycles. The zero-order chi connectivity index (χ0) is 23.6. The lowest BCUT2D eigenvalue weighted by Crippen LogP contribution is -2.46. The number of anilines is 1. The molecule has 1 aliphatic carbocycles. The third-order valence-corrected chi connectivity index (χ3v) is 7.68. The van der Waals surface area contributed by atoms with Gasteiger partial charge >= 0.3 is 6.18 Å². The van der Waals surface area contributed by atoms with Crippen LogP contribution in [-0.4, -0.2) is 83.9 Å². The van der Waals surface area contributed by atoms with Gasteiger partial charge in [0.05, 0.1) is 24.3 Å². The molecule has 184 valence electrons. The molecule has 2 heterocycles. The SMILES string of the molecule is O=C1CCN(c2cccc(C(F)(F)F)c2)CCN1[C@H](CO)CCCN1CCC2(CC2)C(O)C1. The number of carbonyl (C=O) groups excluding carboxylic acids is 1. The lowest BCUT2D eigenvalue weighted by Gasteiger charge is -2.37. The highest BCUT2D eigenvalue weighted by molar-refractivity contribution is 5.78. The van der Waals surface area contributed by atoms with Gasteiger partial charge in [0.1, 0.15) is 0 Å². The van der Waals surface area contributed by atoms with Crippen LogP contribution in [0, 0.1) is 5.41 Å². The number of likely N-dealkylation sites (tertiary alicyclic amines) is 1. The van der Waals surface area contributed by atoms with Crippen molar-refractivity contribution < 1.29 is 28.2 Å². The summed E-state index contributed by atoms with van der Waals surface area (Å²) in [5.74, 6) is -0.0763. The number of hydrogen-bond donors (Lipinski definition) is 2. The second kappa shape index (κ2) is 9.80. The van der Waals surface area contributed by atoms with Gasteiger partial charge in [-0.3, -0.25) is 4.79 Å². The number of aliphatic hydroxyl groups is 2. The number of hydrogen-bond acceptors (Lipinski definition) is 5. The molecule has 1 saturated carbocycles. The van der Waals surface area contributed by atoms with Crippen LogP contribution in [0.4, 0.5) is 18.9 Å². The van der Waals surface area contributed by atoms with Crippen LogP contribution in [0.5, 0.6) is 0 Å². The quantitative estimate of drug-likeness (QED) is 0.643. The van der Waals surface area contributed by atoms with Gasteiger partial charge in [-0.25, -0.2) is 0 Å². The van der Waals surface area contributed by atoms with Crippen molar-refractivity contribution in [3.63, 3.8) is 0 Å². The number of nitrogens with zero attached hydrogens (tertiary/aromatic N) is 3. The van der Waals surface area contributed by atoms with Crippen molar-refractivity contribution in [2.75, 3.05) is 50.8 Å². The molecular weight excluding hydrogens is 435 g/mol. The number of halogens is 3. The van der Waals surface area contributed by atoms with E-state index in [9.17, 15) is 28.2 Å². The molecule has 1 spiro atoms. The molecule has 1 aromatic rings. The van der Waals surface area contributed by atoms with Crippen molar-refractivity contribution in [3.8, 4) is 0 Å². The Balaban J connectivity index is 1.30. The monoisotopic (exact) mass is 469 g/mol. The number of amides is 1. The van der Waals surface area contributed by atoms with E-state index in [1.54, 1.807) is 11.0 Å². The molecule has 3 fully saturated rings. The molecule has 4 rings (SSSR count). The summed E-state index contributed by atoms with van der Waals surface area (Å²) >= 11 is 0. The fourth-order valence-corrected chi connectivity index (χ4v) is 5.28. The van der Waals surface area contributed by atoms with E-state index in [2.05, 4.69) is 4.90 Å². The molecular formula is C24H34F3N3O3. The van der Waals surface area contributed by atoms with Crippen LogP contribution in [0.1, 0.15) is 44.1 Å². The van der Waals surface area contributed by atoms with Crippen LogP contribution in [-0.2, 0) is 11.0 Å². The number of alkyl halides is 3. The highest BCUT2D eigenvalue weighted by Gasteiger charge is 2.51. The predicted molar refractivity (Wildman–Crippen MR) is 119 cm³/mol. The first kappa shape index (κ1) is 24.3. The van der Waals surface area contributed by atoms with E-state index < -0.39 is 11.7 Å². The van der Waals surface area contributed by atoms with Crippen LogP contribution < -0.4 is 4.90 Å². The number of benzene rings is 1. The smallest absolute Gasteiger partial charge is 0.394 e. The summed E-state index contributed by atoms with van der Waals surface area (Å²) in [6, 6.07) is 4.90. The van der Waals surface area contributed by atoms with E-state index in [4.69, 9.17) is 0 Å². The summed E-state index contributed by atoms with van der Waals surface area (Å²) in [7, 11) is 0. The standard InChI is InChI=1S/C24H34F3N3O3/c25-24(26,27)18-3-1-4-19(15-18)29-11-6-22(33)30(14-13-29)20(17-31)5-2-10-28-12-9-23(7-8-23)21(32)16-28/h1,3-4,15,20-21,31-32H,2,5-14,16-17H2/t20-,21?/m0/s1. The van der Waals surface area contributed by atoms with E-state index >= 15 is 0 Å². The Morgan fingerprint density at radius 3 is 2.58 bits per heavy atom. The zero-order valence-corrected chi connectivity index (χ0v) is 18.9. The zero-order valence-electron chi connectivity index (χ0n) is 18.9. The molecule has 0 bridgehead atoms. The molecule has 0 radical (unpaired) electrons. The summed E-state index contributed by atoms with van der Waals surface area (Å²) in [6.07, 6.45) is 0.298. The Morgan fingerprint density at radius 1 is 1.12 bits per heavy atom. The average molecular weight is 470 g/mol. The van der Waals surface area contributed by atoms with Gasteiger partial charge in [-0.05, 0) is 68.8 Å². The van der Waals surface area contributed by atoms with Gasteiger partial charge in [-0.2, -0.15) is 13.2 Å². The molecule has 6 nitrogen and oxygen atoms in total. The predicted octanol–water partition coefficient (Wildman–Crippen LogP) is 2.73. The van der Waals surface area contributed by atoms with Gasteiger partial charge in [-0.15, -0.1) is 0 Å². The Bertz CT molecular complexity index is 831. The molecule has 3 aliphatic rings. The first-order chi connectivity index (χ1) is 15.7. The minimum atomic E-state index is -4.41. The highest BCUT2D eigenvalue weighted by Crippen LogP contribution is 2.53. The largest absolute Gasteiger partial charge is 0.416 e. The molecule has 2 atom stereocenters. The lowest BCUT2D eigenvalue weighted by molar-refractivity contribution is -0.137. The molecule has 2 saturated heterocycles. The van der Waals surface area contributed by atoms with E-state index in [-0.39, 0.29) is 36.5 Å². The van der Waals surface area contributed by atoms with Crippen LogP contribution in [0.3, 0.4) is 0 Å². The first-order valence-corrected chi connectivity index (χ1v) is 11.9. The van der Waals surface area contributed by atoms with Crippen LogP contribution in [0.2, 0.25) is 0 Å². The maximum absolute atomic E-state index is 13.1. The van der Waals surface area contributed by atoms with Gasteiger partial charge in [0.25, 0.3) is 0 Å². The summed E-state index contributed by atoms with van der Waals surface area (Å²) in [5.41, 5.74) is -0.0677. The molecule has 9 heteroatoms. The van der Waals surface area contributed by atoms with Gasteiger partial charge in [0, 0.05) is 38.3 Å².